The van der Waals surface area contributed by atoms with E-state index in [1.54, 1.807) is 18.7 Å². The summed E-state index contributed by atoms with van der Waals surface area (Å²) in [6.07, 6.45) is 5.09. The zero-order valence-corrected chi connectivity index (χ0v) is 17.2. The third-order valence-electron chi connectivity index (χ3n) is 4.54. The van der Waals surface area contributed by atoms with E-state index < -0.39 is 0 Å². The molecule has 3 aromatic heterocycles. The lowest BCUT2D eigenvalue weighted by atomic mass is 10.1. The molecule has 8 heteroatoms. The molecule has 0 fully saturated rings. The number of carbonyl (C=O) groups excluding carboxylic acids is 1. The number of aromatic nitrogens is 4. The van der Waals surface area contributed by atoms with Gasteiger partial charge in [0.2, 0.25) is 5.91 Å². The lowest BCUT2D eigenvalue weighted by Gasteiger charge is -2.14. The summed E-state index contributed by atoms with van der Waals surface area (Å²) in [5.74, 6) is 1.64. The molecule has 1 amide bonds. The Morgan fingerprint density at radius 3 is 2.73 bits per heavy atom. The molecule has 0 spiro atoms. The number of nitrogens with one attached hydrogen (secondary N) is 1. The Morgan fingerprint density at radius 2 is 2.00 bits per heavy atom. The second-order valence-electron chi connectivity index (χ2n) is 6.70. The highest BCUT2D eigenvalue weighted by Gasteiger charge is 2.18. The molecule has 0 aliphatic carbocycles. The molecule has 7 nitrogen and oxygen atoms in total. The van der Waals surface area contributed by atoms with Crippen LogP contribution in [0.15, 0.2) is 82.8 Å². The maximum Gasteiger partial charge on any atom is 0.230 e. The van der Waals surface area contributed by atoms with E-state index in [4.69, 9.17) is 4.42 Å². The number of hydrogen-bond donors (Lipinski definition) is 1. The third kappa shape index (κ3) is 4.77. The van der Waals surface area contributed by atoms with Crippen molar-refractivity contribution in [3.05, 3.63) is 84.6 Å². The Hall–Kier alpha value is -3.39. The van der Waals surface area contributed by atoms with Crippen LogP contribution in [0.25, 0.3) is 11.4 Å². The summed E-state index contributed by atoms with van der Waals surface area (Å²) in [6.45, 7) is 2.44. The fourth-order valence-electron chi connectivity index (χ4n) is 3.04. The number of nitrogens with zero attached hydrogens (tertiary/aromatic N) is 4. The van der Waals surface area contributed by atoms with Crippen LogP contribution in [0.1, 0.15) is 24.3 Å². The summed E-state index contributed by atoms with van der Waals surface area (Å²) in [5.41, 5.74) is 1.92. The fraction of sp³-hybridized carbons (Fsp3) is 0.182. The minimum Gasteiger partial charge on any atom is -0.467 e. The molecular formula is C22H21N5O2S. The van der Waals surface area contributed by atoms with Crippen molar-refractivity contribution in [1.29, 1.82) is 0 Å². The summed E-state index contributed by atoms with van der Waals surface area (Å²) in [5, 5.41) is 12.3. The molecule has 4 aromatic rings. The molecule has 1 atom stereocenters. The number of hydrogen-bond acceptors (Lipinski definition) is 6. The Morgan fingerprint density at radius 1 is 1.13 bits per heavy atom. The summed E-state index contributed by atoms with van der Waals surface area (Å²) >= 11 is 1.34. The molecule has 1 N–H and O–H groups in total. The molecule has 4 rings (SSSR count). The molecule has 30 heavy (non-hydrogen) atoms. The Kier molecular flexibility index (Phi) is 6.24. The van der Waals surface area contributed by atoms with E-state index >= 15 is 0 Å². The largest absolute Gasteiger partial charge is 0.467 e. The first-order valence-electron chi connectivity index (χ1n) is 9.54. The van der Waals surface area contributed by atoms with Crippen LogP contribution < -0.4 is 5.32 Å². The minimum absolute atomic E-state index is 0.0631. The lowest BCUT2D eigenvalue weighted by Crippen LogP contribution is -2.28. The zero-order valence-electron chi connectivity index (χ0n) is 16.4. The minimum atomic E-state index is -0.0637. The smallest absolute Gasteiger partial charge is 0.230 e. The van der Waals surface area contributed by atoms with E-state index in [2.05, 4.69) is 20.5 Å². The van der Waals surface area contributed by atoms with Gasteiger partial charge in [-0.3, -0.25) is 14.3 Å². The normalized spacial score (nSPS) is 11.9. The van der Waals surface area contributed by atoms with Gasteiger partial charge in [0.25, 0.3) is 0 Å². The number of furan rings is 1. The standard InChI is InChI=1S/C22H21N5O2S/c1-16(17-7-3-2-4-8-17)24-20(28)15-30-22-26-25-21(18-9-5-11-23-13-18)27(22)14-19-10-6-12-29-19/h2-13,16H,14-15H2,1H3,(H,24,28). The van der Waals surface area contributed by atoms with E-state index in [-0.39, 0.29) is 17.7 Å². The zero-order chi connectivity index (χ0) is 20.8. The second-order valence-corrected chi connectivity index (χ2v) is 7.64. The first-order chi connectivity index (χ1) is 14.7. The monoisotopic (exact) mass is 419 g/mol. The van der Waals surface area contributed by atoms with Crippen LogP contribution >= 0.6 is 11.8 Å². The van der Waals surface area contributed by atoms with Crippen LogP contribution in [-0.2, 0) is 11.3 Å². The van der Waals surface area contributed by atoms with Gasteiger partial charge in [-0.05, 0) is 36.8 Å². The predicted octanol–water partition coefficient (Wildman–Crippen LogP) is 3.95. The van der Waals surface area contributed by atoms with Crippen LogP contribution in [0.3, 0.4) is 0 Å². The van der Waals surface area contributed by atoms with Gasteiger partial charge in [-0.25, -0.2) is 0 Å². The lowest BCUT2D eigenvalue weighted by molar-refractivity contribution is -0.119. The summed E-state index contributed by atoms with van der Waals surface area (Å²) < 4.78 is 7.44. The van der Waals surface area contributed by atoms with Crippen molar-refractivity contribution >= 4 is 17.7 Å². The molecule has 0 bridgehead atoms. The van der Waals surface area contributed by atoms with Crippen molar-refractivity contribution in [3.8, 4) is 11.4 Å². The van der Waals surface area contributed by atoms with Gasteiger partial charge in [0.05, 0.1) is 24.6 Å². The Balaban J connectivity index is 1.48. The van der Waals surface area contributed by atoms with E-state index in [9.17, 15) is 4.79 Å². The second kappa shape index (κ2) is 9.41. The van der Waals surface area contributed by atoms with Gasteiger partial charge in [-0.15, -0.1) is 10.2 Å². The maximum absolute atomic E-state index is 12.5. The molecule has 152 valence electrons. The van der Waals surface area contributed by atoms with Gasteiger partial charge in [0, 0.05) is 18.0 Å². The SMILES string of the molecule is CC(NC(=O)CSc1nnc(-c2cccnc2)n1Cc1ccco1)c1ccccc1. The molecule has 1 aromatic carbocycles. The van der Waals surface area contributed by atoms with Gasteiger partial charge in [0.15, 0.2) is 11.0 Å². The number of rotatable bonds is 8. The van der Waals surface area contributed by atoms with Crippen LogP contribution in [-0.4, -0.2) is 31.4 Å². The average Bonchev–Trinajstić information content (AvgIpc) is 3.44. The molecule has 0 saturated heterocycles. The molecule has 0 saturated carbocycles. The van der Waals surface area contributed by atoms with Crippen LogP contribution in [0, 0.1) is 0 Å². The first-order valence-corrected chi connectivity index (χ1v) is 10.5. The molecule has 1 unspecified atom stereocenters. The number of carbonyl (C=O) groups is 1. The van der Waals surface area contributed by atoms with E-state index in [0.29, 0.717) is 17.5 Å². The Labute approximate surface area is 178 Å². The average molecular weight is 420 g/mol. The maximum atomic E-state index is 12.5. The van der Waals surface area contributed by atoms with Crippen molar-refractivity contribution in [2.24, 2.45) is 0 Å². The highest BCUT2D eigenvalue weighted by atomic mass is 32.2. The van der Waals surface area contributed by atoms with E-state index in [1.807, 2.05) is 66.1 Å². The quantitative estimate of drug-likeness (QED) is 0.435. The number of amides is 1. The molecule has 0 aliphatic rings. The molecular weight excluding hydrogens is 398 g/mol. The third-order valence-corrected chi connectivity index (χ3v) is 5.51. The summed E-state index contributed by atoms with van der Waals surface area (Å²) in [7, 11) is 0. The number of thioether (sulfide) groups is 1. The summed E-state index contributed by atoms with van der Waals surface area (Å²) in [6, 6.07) is 17.3. The number of pyridine rings is 1. The molecule has 0 aliphatic heterocycles. The van der Waals surface area contributed by atoms with Gasteiger partial charge in [-0.1, -0.05) is 42.1 Å². The van der Waals surface area contributed by atoms with E-state index in [1.165, 1.54) is 11.8 Å². The summed E-state index contributed by atoms with van der Waals surface area (Å²) in [4.78, 5) is 16.7. The highest BCUT2D eigenvalue weighted by molar-refractivity contribution is 7.99. The van der Waals surface area contributed by atoms with Gasteiger partial charge < -0.3 is 9.73 Å². The topological polar surface area (TPSA) is 85.8 Å². The van der Waals surface area contributed by atoms with Crippen LogP contribution in [0.2, 0.25) is 0 Å². The van der Waals surface area contributed by atoms with Crippen molar-refractivity contribution in [2.45, 2.75) is 24.7 Å². The Bertz CT molecular complexity index is 1080. The van der Waals surface area contributed by atoms with Crippen LogP contribution in [0.4, 0.5) is 0 Å². The predicted molar refractivity (Wildman–Crippen MR) is 115 cm³/mol. The van der Waals surface area contributed by atoms with Gasteiger partial charge in [-0.2, -0.15) is 0 Å². The molecule has 0 radical (unpaired) electrons. The van der Waals surface area contributed by atoms with E-state index in [0.717, 1.165) is 16.9 Å². The van der Waals surface area contributed by atoms with Gasteiger partial charge >= 0.3 is 0 Å². The van der Waals surface area contributed by atoms with Crippen molar-refractivity contribution in [2.75, 3.05) is 5.75 Å². The van der Waals surface area contributed by atoms with Crippen molar-refractivity contribution in [3.63, 3.8) is 0 Å². The number of benzene rings is 1. The van der Waals surface area contributed by atoms with Crippen molar-refractivity contribution in [1.82, 2.24) is 25.1 Å². The van der Waals surface area contributed by atoms with Crippen LogP contribution in [0.5, 0.6) is 0 Å². The van der Waals surface area contributed by atoms with Crippen molar-refractivity contribution < 1.29 is 9.21 Å². The molecule has 3 heterocycles. The highest BCUT2D eigenvalue weighted by Crippen LogP contribution is 2.25. The van der Waals surface area contributed by atoms with Gasteiger partial charge in [0.1, 0.15) is 5.76 Å². The fourth-order valence-corrected chi connectivity index (χ4v) is 3.79. The first kappa shape index (κ1) is 19.9.